The van der Waals surface area contributed by atoms with E-state index in [9.17, 15) is 15.2 Å². The third kappa shape index (κ3) is 5.07. The van der Waals surface area contributed by atoms with E-state index in [0.717, 1.165) is 5.69 Å². The summed E-state index contributed by atoms with van der Waals surface area (Å²) in [5.41, 5.74) is 2.52. The van der Waals surface area contributed by atoms with Crippen molar-refractivity contribution in [2.45, 2.75) is 41.0 Å². The zero-order chi connectivity index (χ0) is 16.2. The first-order valence-electron chi connectivity index (χ1n) is 6.99. The Morgan fingerprint density at radius 2 is 2.10 bits per heavy atom. The molecule has 0 fully saturated rings. The predicted molar refractivity (Wildman–Crippen MR) is 82.1 cm³/mol. The zero-order valence-corrected chi connectivity index (χ0v) is 13.3. The number of aryl methyl sites for hydroxylation is 2. The number of anilines is 1. The Morgan fingerprint density at radius 3 is 2.57 bits per heavy atom. The molecule has 1 atom stereocenters. The maximum absolute atomic E-state index is 11.4. The second kappa shape index (κ2) is 6.57. The van der Waals surface area contributed by atoms with Crippen molar-refractivity contribution in [2.75, 3.05) is 11.9 Å². The third-order valence-corrected chi connectivity index (χ3v) is 3.19. The van der Waals surface area contributed by atoms with Gasteiger partial charge in [-0.05, 0) is 31.7 Å². The smallest absolute Gasteiger partial charge is 0.308 e. The highest BCUT2D eigenvalue weighted by Gasteiger charge is 2.24. The van der Waals surface area contributed by atoms with Crippen LogP contribution in [0.3, 0.4) is 0 Å². The molecular formula is C16H23N3O2. The highest BCUT2D eigenvalue weighted by atomic mass is 16.4. The van der Waals surface area contributed by atoms with Gasteiger partial charge >= 0.3 is 5.97 Å². The molecule has 0 radical (unpaired) electrons. The largest absolute Gasteiger partial charge is 0.481 e. The number of nitrogens with zero attached hydrogens (tertiary/aromatic N) is 2. The van der Waals surface area contributed by atoms with Crippen LogP contribution in [-0.4, -0.2) is 22.6 Å². The van der Waals surface area contributed by atoms with Crippen molar-refractivity contribution in [3.63, 3.8) is 0 Å². The zero-order valence-electron chi connectivity index (χ0n) is 13.3. The van der Waals surface area contributed by atoms with Gasteiger partial charge < -0.3 is 10.4 Å². The average molecular weight is 289 g/mol. The number of aromatic nitrogens is 1. The number of rotatable bonds is 5. The number of carboxylic acids is 1. The fourth-order valence-corrected chi connectivity index (χ4v) is 2.33. The van der Waals surface area contributed by atoms with Gasteiger partial charge in [0.15, 0.2) is 0 Å². The molecular weight excluding hydrogens is 266 g/mol. The molecule has 0 aliphatic rings. The van der Waals surface area contributed by atoms with Crippen LogP contribution in [0.2, 0.25) is 0 Å². The van der Waals surface area contributed by atoms with E-state index in [2.05, 4.69) is 16.4 Å². The lowest BCUT2D eigenvalue weighted by atomic mass is 9.84. The summed E-state index contributed by atoms with van der Waals surface area (Å²) >= 11 is 0. The average Bonchev–Trinajstić information content (AvgIpc) is 2.32. The highest BCUT2D eigenvalue weighted by molar-refractivity contribution is 5.71. The Hall–Kier alpha value is -2.09. The van der Waals surface area contributed by atoms with E-state index < -0.39 is 11.9 Å². The summed E-state index contributed by atoms with van der Waals surface area (Å²) in [4.78, 5) is 15.6. The molecule has 1 unspecified atom stereocenters. The monoisotopic (exact) mass is 289 g/mol. The number of nitrogens with one attached hydrogen (secondary N) is 1. The van der Waals surface area contributed by atoms with E-state index in [-0.39, 0.29) is 5.41 Å². The molecule has 0 amide bonds. The van der Waals surface area contributed by atoms with Crippen LogP contribution < -0.4 is 5.32 Å². The molecule has 1 aromatic rings. The summed E-state index contributed by atoms with van der Waals surface area (Å²) in [6, 6.07) is 3.90. The first kappa shape index (κ1) is 17.0. The van der Waals surface area contributed by atoms with E-state index >= 15 is 0 Å². The standard InChI is InChI=1S/C16H23N3O2/c1-10-6-14(13(8-17)11(2)19-10)18-9-12(15(20)21)7-16(3,4)5/h6,12H,7,9H2,1-5H3,(H,18,19)(H,20,21). The van der Waals surface area contributed by atoms with E-state index in [4.69, 9.17) is 0 Å². The molecule has 1 aromatic heterocycles. The van der Waals surface area contributed by atoms with Gasteiger partial charge in [0.2, 0.25) is 0 Å². The van der Waals surface area contributed by atoms with Crippen LogP contribution in [0.4, 0.5) is 5.69 Å². The summed E-state index contributed by atoms with van der Waals surface area (Å²) in [5, 5.41) is 21.6. The van der Waals surface area contributed by atoms with Crippen LogP contribution in [0.1, 0.15) is 44.1 Å². The van der Waals surface area contributed by atoms with Crippen LogP contribution in [0.25, 0.3) is 0 Å². The summed E-state index contributed by atoms with van der Waals surface area (Å²) in [6.07, 6.45) is 0.570. The van der Waals surface area contributed by atoms with Gasteiger partial charge in [-0.1, -0.05) is 20.8 Å². The Kier molecular flexibility index (Phi) is 5.31. The van der Waals surface area contributed by atoms with Crippen molar-refractivity contribution in [3.05, 3.63) is 23.0 Å². The van der Waals surface area contributed by atoms with Gasteiger partial charge in [0.05, 0.1) is 22.9 Å². The number of aliphatic carboxylic acids is 1. The number of carboxylic acid groups (broad SMARTS) is 1. The van der Waals surface area contributed by atoms with E-state index in [1.807, 2.05) is 27.7 Å². The molecule has 2 N–H and O–H groups in total. The maximum atomic E-state index is 11.4. The van der Waals surface area contributed by atoms with Crippen LogP contribution in [-0.2, 0) is 4.79 Å². The fourth-order valence-electron chi connectivity index (χ4n) is 2.33. The molecule has 0 saturated heterocycles. The SMILES string of the molecule is Cc1cc(NCC(CC(C)(C)C)C(=O)O)c(C#N)c(C)n1. The van der Waals surface area contributed by atoms with Gasteiger partial charge in [-0.2, -0.15) is 5.26 Å². The van der Waals surface area contributed by atoms with Gasteiger partial charge in [-0.25, -0.2) is 0 Å². The van der Waals surface area contributed by atoms with Crippen molar-refractivity contribution in [3.8, 4) is 6.07 Å². The van der Waals surface area contributed by atoms with Crippen molar-refractivity contribution >= 4 is 11.7 Å². The van der Waals surface area contributed by atoms with Gasteiger partial charge in [-0.3, -0.25) is 9.78 Å². The number of hydrogen-bond acceptors (Lipinski definition) is 4. The number of carbonyl (C=O) groups is 1. The fraction of sp³-hybridized carbons (Fsp3) is 0.562. The molecule has 5 heteroatoms. The minimum Gasteiger partial charge on any atom is -0.481 e. The van der Waals surface area contributed by atoms with Crippen LogP contribution in [0.5, 0.6) is 0 Å². The lowest BCUT2D eigenvalue weighted by molar-refractivity contribution is -0.142. The summed E-state index contributed by atoms with van der Waals surface area (Å²) < 4.78 is 0. The second-order valence-electron chi connectivity index (χ2n) is 6.56. The first-order valence-corrected chi connectivity index (χ1v) is 6.99. The Balaban J connectivity index is 2.91. The highest BCUT2D eigenvalue weighted by Crippen LogP contribution is 2.26. The lowest BCUT2D eigenvalue weighted by Gasteiger charge is -2.24. The van der Waals surface area contributed by atoms with E-state index in [0.29, 0.717) is 29.9 Å². The van der Waals surface area contributed by atoms with Gasteiger partial charge in [0.1, 0.15) is 6.07 Å². The molecule has 0 bridgehead atoms. The molecule has 1 rings (SSSR count). The Morgan fingerprint density at radius 1 is 1.48 bits per heavy atom. The summed E-state index contributed by atoms with van der Waals surface area (Å²) in [7, 11) is 0. The van der Waals surface area contributed by atoms with Gasteiger partial charge in [-0.15, -0.1) is 0 Å². The normalized spacial score (nSPS) is 12.6. The molecule has 0 aliphatic carbocycles. The topological polar surface area (TPSA) is 86.0 Å². The van der Waals surface area contributed by atoms with Crippen molar-refractivity contribution in [1.82, 2.24) is 4.98 Å². The van der Waals surface area contributed by atoms with Crippen molar-refractivity contribution in [2.24, 2.45) is 11.3 Å². The molecule has 0 saturated carbocycles. The van der Waals surface area contributed by atoms with Gasteiger partial charge in [0, 0.05) is 12.2 Å². The van der Waals surface area contributed by atoms with E-state index in [1.54, 1.807) is 13.0 Å². The molecule has 5 nitrogen and oxygen atoms in total. The molecule has 114 valence electrons. The summed E-state index contributed by atoms with van der Waals surface area (Å²) in [6.45, 7) is 9.98. The van der Waals surface area contributed by atoms with Crippen LogP contribution >= 0.6 is 0 Å². The van der Waals surface area contributed by atoms with Gasteiger partial charge in [0.25, 0.3) is 0 Å². The second-order valence-corrected chi connectivity index (χ2v) is 6.56. The Bertz CT molecular complexity index is 568. The third-order valence-electron chi connectivity index (χ3n) is 3.19. The minimum atomic E-state index is -0.821. The Labute approximate surface area is 126 Å². The number of nitriles is 1. The minimum absolute atomic E-state index is 0.0626. The molecule has 0 aliphatic heterocycles. The maximum Gasteiger partial charge on any atom is 0.308 e. The lowest BCUT2D eigenvalue weighted by Crippen LogP contribution is -2.27. The first-order chi connectivity index (χ1) is 9.64. The van der Waals surface area contributed by atoms with Crippen LogP contribution in [0.15, 0.2) is 6.07 Å². The predicted octanol–water partition coefficient (Wildman–Crippen LogP) is 3.12. The quantitative estimate of drug-likeness (QED) is 0.869. The summed E-state index contributed by atoms with van der Waals surface area (Å²) in [5.74, 6) is -1.32. The van der Waals surface area contributed by atoms with Crippen molar-refractivity contribution < 1.29 is 9.90 Å². The molecule has 0 spiro atoms. The number of hydrogen-bond donors (Lipinski definition) is 2. The number of pyridine rings is 1. The molecule has 1 heterocycles. The molecule has 0 aromatic carbocycles. The molecule has 21 heavy (non-hydrogen) atoms. The van der Waals surface area contributed by atoms with E-state index in [1.165, 1.54) is 0 Å². The van der Waals surface area contributed by atoms with Crippen molar-refractivity contribution in [1.29, 1.82) is 5.26 Å². The van der Waals surface area contributed by atoms with Crippen LogP contribution in [0, 0.1) is 36.5 Å².